The molecule has 5 nitrogen and oxygen atoms in total. The smallest absolute Gasteiger partial charge is 0.160 e. The number of hydrogen-bond donors (Lipinski definition) is 0. The van der Waals surface area contributed by atoms with Crippen molar-refractivity contribution in [1.29, 1.82) is 0 Å². The molecule has 0 fully saturated rings. The molecule has 5 heteroatoms. The van der Waals surface area contributed by atoms with Crippen LogP contribution in [-0.2, 0) is 16.2 Å². The Morgan fingerprint density at radius 1 is 0.154 bits per heavy atom. The number of hydrogen-bond acceptors (Lipinski definition) is 5. The van der Waals surface area contributed by atoms with Gasteiger partial charge in [-0.2, -0.15) is 0 Å². The van der Waals surface area contributed by atoms with Crippen LogP contribution in [0.1, 0.15) is 74.9 Å². The molecule has 143 heavy (non-hydrogen) atoms. The van der Waals surface area contributed by atoms with Crippen molar-refractivity contribution in [2.45, 2.75) is 57.8 Å². The summed E-state index contributed by atoms with van der Waals surface area (Å²) < 4.78 is 0. The molecular weight excluding hydrogens is 1730 g/mol. The van der Waals surface area contributed by atoms with Crippen LogP contribution in [0.5, 0.6) is 0 Å². The highest BCUT2D eigenvalue weighted by Gasteiger charge is 2.39. The molecule has 0 amide bonds. The van der Waals surface area contributed by atoms with Crippen molar-refractivity contribution >= 4 is 119 Å². The Hall–Kier alpha value is -17.8. The molecule has 4 heterocycles. The molecule has 3 aliphatic rings. The number of benzene rings is 22. The number of rotatable bonds is 9. The van der Waals surface area contributed by atoms with E-state index in [1.165, 1.54) is 225 Å². The quantitative estimate of drug-likeness (QED) is 0.106. The first kappa shape index (κ1) is 84.5. The van der Waals surface area contributed by atoms with Crippen molar-refractivity contribution in [1.82, 2.24) is 24.9 Å². The minimum Gasteiger partial charge on any atom is -0.256 e. The third kappa shape index (κ3) is 13.8. The lowest BCUT2D eigenvalue weighted by atomic mass is 9.81. The fourth-order valence-corrected chi connectivity index (χ4v) is 24.3. The minimum absolute atomic E-state index is 0.0271. The average Bonchev–Trinajstić information content (AvgIpc) is 1.68. The second-order valence-electron chi connectivity index (χ2n) is 40.3. The van der Waals surface area contributed by atoms with Gasteiger partial charge in [-0.25, -0.2) is 15.0 Å². The molecule has 0 bridgehead atoms. The predicted molar refractivity (Wildman–Crippen MR) is 602 cm³/mol. The third-order valence-corrected chi connectivity index (χ3v) is 31.3. The second-order valence-corrected chi connectivity index (χ2v) is 40.3. The van der Waals surface area contributed by atoms with Crippen molar-refractivity contribution in [3.05, 3.63) is 501 Å². The highest BCUT2D eigenvalue weighted by Crippen LogP contribution is 2.57. The SMILES string of the molecule is CC1(C)c2ccccc2-c2cc(-c3c4ccccc4c(-c4ccc5ccc6cccnc6c5n4)c4ccc(-c5ccc6ccccc6c5)cc34)ccc21.CC1(C)c2ccccc2-c2cc(-c3c4ccccc4c(-c4ccccn4)c4ccc(-c5ccc6ccccc6c5)cc34)ccc21.CC1(C)c2ccccc2-c2cc(-c3c4ccccc4c(-c4ncccn4)c4ccc(-c5ccc6ccccc6c5)cc34)ccc21. The molecule has 0 N–H and O–H groups in total. The van der Waals surface area contributed by atoms with Gasteiger partial charge in [0.15, 0.2) is 5.82 Å². The van der Waals surface area contributed by atoms with Gasteiger partial charge in [0, 0.05) is 68.5 Å². The zero-order valence-corrected chi connectivity index (χ0v) is 80.2. The van der Waals surface area contributed by atoms with Crippen LogP contribution < -0.4 is 0 Å². The van der Waals surface area contributed by atoms with Crippen LogP contribution >= 0.6 is 0 Å². The van der Waals surface area contributed by atoms with E-state index in [1.54, 1.807) is 0 Å². The predicted octanol–water partition coefficient (Wildman–Crippen LogP) is 36.6. The summed E-state index contributed by atoms with van der Waals surface area (Å²) in [5.41, 5.74) is 38.1. The van der Waals surface area contributed by atoms with E-state index < -0.39 is 0 Å². The number of fused-ring (bicyclic) bond motifs is 21. The van der Waals surface area contributed by atoms with Crippen LogP contribution in [0.15, 0.2) is 468 Å². The van der Waals surface area contributed by atoms with Crippen molar-refractivity contribution in [3.63, 3.8) is 0 Å². The molecule has 0 saturated heterocycles. The third-order valence-electron chi connectivity index (χ3n) is 31.3. The Morgan fingerprint density at radius 3 is 0.853 bits per heavy atom. The zero-order chi connectivity index (χ0) is 95.5. The van der Waals surface area contributed by atoms with Gasteiger partial charge in [-0.15, -0.1) is 0 Å². The molecule has 0 unspecified atom stereocenters. The molecule has 3 aliphatic carbocycles. The molecule has 0 aliphatic heterocycles. The lowest BCUT2D eigenvalue weighted by molar-refractivity contribution is 0.660. The van der Waals surface area contributed by atoms with E-state index in [0.717, 1.165) is 60.9 Å². The van der Waals surface area contributed by atoms with E-state index in [1.807, 2.05) is 43.0 Å². The van der Waals surface area contributed by atoms with Crippen molar-refractivity contribution < 1.29 is 0 Å². The first-order valence-electron chi connectivity index (χ1n) is 49.7. The highest BCUT2D eigenvalue weighted by molar-refractivity contribution is 6.26. The maximum Gasteiger partial charge on any atom is 0.160 e. The molecule has 0 saturated carbocycles. The summed E-state index contributed by atoms with van der Waals surface area (Å²) >= 11 is 0. The fourth-order valence-electron chi connectivity index (χ4n) is 24.3. The molecule has 672 valence electrons. The van der Waals surface area contributed by atoms with E-state index in [0.29, 0.717) is 0 Å². The van der Waals surface area contributed by atoms with Gasteiger partial charge in [-0.05, 0) is 315 Å². The van der Waals surface area contributed by atoms with Gasteiger partial charge in [0.25, 0.3) is 0 Å². The van der Waals surface area contributed by atoms with Crippen LogP contribution in [0.4, 0.5) is 0 Å². The molecular formula is C138H95N5. The molecule has 4 aromatic heterocycles. The first-order valence-corrected chi connectivity index (χ1v) is 49.7. The summed E-state index contributed by atoms with van der Waals surface area (Å²) in [4.78, 5) is 24.5. The summed E-state index contributed by atoms with van der Waals surface area (Å²) in [5, 5.41) is 24.1. The van der Waals surface area contributed by atoms with E-state index in [-0.39, 0.29) is 16.2 Å². The fraction of sp³-hybridized carbons (Fsp3) is 0.0652. The Labute approximate surface area is 830 Å². The van der Waals surface area contributed by atoms with E-state index in [9.17, 15) is 0 Å². The van der Waals surface area contributed by atoms with Crippen LogP contribution in [0, 0.1) is 0 Å². The first-order chi connectivity index (χ1) is 70.2. The molecule has 29 rings (SSSR count). The second kappa shape index (κ2) is 33.2. The zero-order valence-electron chi connectivity index (χ0n) is 80.2. The highest BCUT2D eigenvalue weighted by atomic mass is 14.9. The Balaban J connectivity index is 0.000000108. The molecule has 0 radical (unpaired) electrons. The van der Waals surface area contributed by atoms with Gasteiger partial charge < -0.3 is 0 Å². The Morgan fingerprint density at radius 2 is 0.441 bits per heavy atom. The standard InChI is InChI=1S/C51H34N2.C44H31N.C43H30N2/c1-51(2)44-16-8-7-13-38(44)42-30-37(22-25-45(42)51)47-39-14-5-6-15-40(39)48(46-26-23-33-19-18-32-12-9-27-52-49(32)50(33)53-46)41-24-21-36(29-43(41)47)35-20-17-31-10-3-4-11-34(31)28-35;1-44(2)39-16-8-7-13-33(39)37-27-32(21-23-40(37)44)42-34-14-5-6-15-35(34)43(41-17-9-10-24-45-41)36-22-20-31(26-38(36)42)30-19-18-28-11-3-4-12-29(28)25-30;1-43(2)38-15-8-7-12-32(38)36-26-31(19-21-39(36)43)40-33-13-5-6-14-34(33)41(42-44-22-9-23-45-42)35-20-18-30(25-37(35)40)29-17-16-27-10-3-4-11-28(27)24-29/h3-30H,1-2H3;3-27H,1-2H3;3-26H,1-2H3. The van der Waals surface area contributed by atoms with Crippen LogP contribution in [0.25, 0.3) is 253 Å². The van der Waals surface area contributed by atoms with Crippen molar-refractivity contribution in [3.8, 4) is 134 Å². The minimum atomic E-state index is -0.0531. The van der Waals surface area contributed by atoms with Crippen molar-refractivity contribution in [2.24, 2.45) is 0 Å². The van der Waals surface area contributed by atoms with Gasteiger partial charge in [-0.1, -0.05) is 399 Å². The summed E-state index contributed by atoms with van der Waals surface area (Å²) in [6, 6.07) is 162. The number of aromatic nitrogens is 5. The molecule has 26 aromatic rings. The summed E-state index contributed by atoms with van der Waals surface area (Å²) in [6.45, 7) is 14.1. The monoisotopic (exact) mass is 1820 g/mol. The van der Waals surface area contributed by atoms with E-state index in [4.69, 9.17) is 24.9 Å². The normalized spacial score (nSPS) is 13.3. The number of nitrogens with zero attached hydrogens (tertiary/aromatic N) is 5. The lowest BCUT2D eigenvalue weighted by Gasteiger charge is -2.22. The topological polar surface area (TPSA) is 64.5 Å². The average molecular weight is 1820 g/mol. The van der Waals surface area contributed by atoms with E-state index in [2.05, 4.69) is 466 Å². The van der Waals surface area contributed by atoms with Gasteiger partial charge in [0.1, 0.15) is 0 Å². The number of pyridine rings is 3. The van der Waals surface area contributed by atoms with E-state index >= 15 is 0 Å². The van der Waals surface area contributed by atoms with Gasteiger partial charge in [0.2, 0.25) is 0 Å². The Bertz CT molecular complexity index is 9480. The lowest BCUT2D eigenvalue weighted by Crippen LogP contribution is -2.14. The Kier molecular flexibility index (Phi) is 19.6. The molecule has 0 spiro atoms. The maximum absolute atomic E-state index is 5.42. The molecule has 0 atom stereocenters. The summed E-state index contributed by atoms with van der Waals surface area (Å²) in [7, 11) is 0. The maximum atomic E-state index is 5.42. The van der Waals surface area contributed by atoms with Crippen molar-refractivity contribution in [2.75, 3.05) is 0 Å². The van der Waals surface area contributed by atoms with Gasteiger partial charge >= 0.3 is 0 Å². The van der Waals surface area contributed by atoms with Crippen LogP contribution in [0.3, 0.4) is 0 Å². The van der Waals surface area contributed by atoms with Gasteiger partial charge in [-0.3, -0.25) is 9.97 Å². The molecule has 22 aromatic carbocycles. The van der Waals surface area contributed by atoms with Gasteiger partial charge in [0.05, 0.1) is 22.4 Å². The van der Waals surface area contributed by atoms with Crippen LogP contribution in [-0.4, -0.2) is 24.9 Å². The van der Waals surface area contributed by atoms with Crippen LogP contribution in [0.2, 0.25) is 0 Å². The largest absolute Gasteiger partial charge is 0.256 e. The summed E-state index contributed by atoms with van der Waals surface area (Å²) in [5.74, 6) is 0.744. The summed E-state index contributed by atoms with van der Waals surface area (Å²) in [6.07, 6.45) is 7.42.